The zero-order chi connectivity index (χ0) is 17.9. The molecule has 2 aromatic rings. The molecule has 0 unspecified atom stereocenters. The van der Waals surface area contributed by atoms with Crippen molar-refractivity contribution in [1.82, 2.24) is 5.16 Å². The van der Waals surface area contributed by atoms with Gasteiger partial charge in [0.15, 0.2) is 5.56 Å². The molecule has 0 saturated carbocycles. The Balaban J connectivity index is 2.47. The Labute approximate surface area is 156 Å². The van der Waals surface area contributed by atoms with Gasteiger partial charge in [-0.15, -0.1) is 0 Å². The molecule has 0 aliphatic heterocycles. The van der Waals surface area contributed by atoms with Crippen LogP contribution >= 0.6 is 46.4 Å². The monoisotopic (exact) mass is 410 g/mol. The molecule has 0 saturated heterocycles. The number of esters is 1. The van der Waals surface area contributed by atoms with E-state index >= 15 is 0 Å². The first-order chi connectivity index (χ1) is 11.2. The number of aromatic nitrogens is 1. The molecule has 24 heavy (non-hydrogen) atoms. The highest BCUT2D eigenvalue weighted by Crippen LogP contribution is 2.33. The molecular weight excluding hydrogens is 402 g/mol. The predicted molar refractivity (Wildman–Crippen MR) is 91.8 cm³/mol. The largest absolute Gasteiger partial charge is 0.462 e. The van der Waals surface area contributed by atoms with Crippen LogP contribution in [0.4, 0.5) is 5.88 Å². The second-order valence-corrected chi connectivity index (χ2v) is 7.13. The summed E-state index contributed by atoms with van der Waals surface area (Å²) < 4.78 is 7.75. The molecule has 1 aromatic carbocycles. The van der Waals surface area contributed by atoms with Crippen LogP contribution in [0, 0.1) is 0 Å². The van der Waals surface area contributed by atoms with E-state index in [0.29, 0.717) is 10.6 Å². The normalized spacial score (nSPS) is 11.2. The van der Waals surface area contributed by atoms with Crippen molar-refractivity contribution in [2.45, 2.75) is 10.7 Å². The third kappa shape index (κ3) is 4.33. The zero-order valence-corrected chi connectivity index (χ0v) is 15.1. The number of carbonyl (C=O) groups excluding carboxylic acids is 2. The molecule has 1 amide bonds. The number of amides is 1. The summed E-state index contributed by atoms with van der Waals surface area (Å²) in [6.45, 7) is 1.74. The van der Waals surface area contributed by atoms with Crippen LogP contribution in [0.5, 0.6) is 0 Å². The molecule has 1 N–H and O–H groups in total. The van der Waals surface area contributed by atoms with Crippen LogP contribution in [-0.2, 0) is 9.53 Å². The van der Waals surface area contributed by atoms with Crippen LogP contribution in [0.25, 0.3) is 11.3 Å². The fourth-order valence-electron chi connectivity index (χ4n) is 1.75. The topological polar surface area (TPSA) is 81.4 Å². The lowest BCUT2D eigenvalue weighted by Crippen LogP contribution is -2.27. The number of benzene rings is 1. The number of rotatable bonds is 4. The van der Waals surface area contributed by atoms with Gasteiger partial charge in [0, 0.05) is 10.6 Å². The second kappa shape index (κ2) is 7.61. The molecule has 0 spiro atoms. The number of anilines is 1. The highest BCUT2D eigenvalue weighted by Gasteiger charge is 2.34. The summed E-state index contributed by atoms with van der Waals surface area (Å²) in [6.07, 6.45) is 0. The Kier molecular flexibility index (Phi) is 5.98. The molecule has 2 rings (SSSR count). The quantitative estimate of drug-likeness (QED) is 0.592. The summed E-state index contributed by atoms with van der Waals surface area (Å²) in [6, 6.07) is 6.48. The van der Waals surface area contributed by atoms with E-state index in [1.807, 2.05) is 0 Å². The van der Waals surface area contributed by atoms with Gasteiger partial charge in [0.1, 0.15) is 5.69 Å². The number of hydrogen-bond donors (Lipinski definition) is 1. The fraction of sp³-hybridized carbons (Fsp3) is 0.214. The average Bonchev–Trinajstić information content (AvgIpc) is 2.91. The molecule has 128 valence electrons. The lowest BCUT2D eigenvalue weighted by Gasteiger charge is -2.10. The van der Waals surface area contributed by atoms with Crippen LogP contribution in [0.15, 0.2) is 28.8 Å². The van der Waals surface area contributed by atoms with Crippen molar-refractivity contribution in [3.8, 4) is 11.3 Å². The molecule has 10 heteroatoms. The molecule has 1 aromatic heterocycles. The van der Waals surface area contributed by atoms with Crippen molar-refractivity contribution < 1.29 is 18.8 Å². The van der Waals surface area contributed by atoms with E-state index in [4.69, 9.17) is 55.7 Å². The minimum atomic E-state index is -2.24. The predicted octanol–water partition coefficient (Wildman–Crippen LogP) is 4.48. The lowest BCUT2D eigenvalue weighted by atomic mass is 10.1. The van der Waals surface area contributed by atoms with Crippen LogP contribution in [-0.4, -0.2) is 27.4 Å². The van der Waals surface area contributed by atoms with Gasteiger partial charge in [0.2, 0.25) is 5.88 Å². The van der Waals surface area contributed by atoms with E-state index < -0.39 is 15.7 Å². The fourth-order valence-corrected chi connectivity index (χ4v) is 2.01. The van der Waals surface area contributed by atoms with Crippen molar-refractivity contribution in [3.05, 3.63) is 34.9 Å². The Morgan fingerprint density at radius 1 is 1.25 bits per heavy atom. The first kappa shape index (κ1) is 18.9. The standard InChI is InChI=1S/C14H10Cl4N2O4/c1-2-23-12(21)9-10(7-3-5-8(15)6-4-7)20-24-11(9)19-13(22)14(16,17)18/h3-6H,2H2,1H3,(H,19,22). The van der Waals surface area contributed by atoms with Gasteiger partial charge in [0.25, 0.3) is 9.70 Å². The summed E-state index contributed by atoms with van der Waals surface area (Å²) in [7, 11) is 0. The van der Waals surface area contributed by atoms with Crippen LogP contribution in [0.3, 0.4) is 0 Å². The van der Waals surface area contributed by atoms with E-state index in [0.717, 1.165) is 0 Å². The minimum absolute atomic E-state index is 0.0956. The summed E-state index contributed by atoms with van der Waals surface area (Å²) in [4.78, 5) is 24.0. The minimum Gasteiger partial charge on any atom is -0.462 e. The number of carbonyl (C=O) groups is 2. The SMILES string of the molecule is CCOC(=O)c1c(-c2ccc(Cl)cc2)noc1NC(=O)C(Cl)(Cl)Cl. The summed E-state index contributed by atoms with van der Waals surface area (Å²) in [5.74, 6) is -2.03. The summed E-state index contributed by atoms with van der Waals surface area (Å²) >= 11 is 22.3. The first-order valence-corrected chi connectivity index (χ1v) is 8.06. The number of nitrogens with zero attached hydrogens (tertiary/aromatic N) is 1. The number of nitrogens with one attached hydrogen (secondary N) is 1. The van der Waals surface area contributed by atoms with E-state index in [-0.39, 0.29) is 23.7 Å². The number of alkyl halides is 3. The Morgan fingerprint density at radius 3 is 2.42 bits per heavy atom. The highest BCUT2D eigenvalue weighted by molar-refractivity contribution is 6.76. The van der Waals surface area contributed by atoms with E-state index in [1.165, 1.54) is 0 Å². The summed E-state index contributed by atoms with van der Waals surface area (Å²) in [5.41, 5.74) is 0.590. The maximum absolute atomic E-state index is 12.2. The number of hydrogen-bond acceptors (Lipinski definition) is 5. The second-order valence-electron chi connectivity index (χ2n) is 4.41. The van der Waals surface area contributed by atoms with Crippen molar-refractivity contribution in [1.29, 1.82) is 0 Å². The third-order valence-corrected chi connectivity index (χ3v) is 3.54. The van der Waals surface area contributed by atoms with Gasteiger partial charge in [-0.2, -0.15) is 0 Å². The molecule has 0 bridgehead atoms. The molecule has 0 fully saturated rings. The Bertz CT molecular complexity index is 753. The van der Waals surface area contributed by atoms with Crippen LogP contribution < -0.4 is 5.32 Å². The van der Waals surface area contributed by atoms with E-state index in [2.05, 4.69) is 10.5 Å². The molecule has 0 radical (unpaired) electrons. The zero-order valence-electron chi connectivity index (χ0n) is 12.1. The van der Waals surface area contributed by atoms with Gasteiger partial charge in [-0.05, 0) is 19.1 Å². The van der Waals surface area contributed by atoms with Crippen LogP contribution in [0.1, 0.15) is 17.3 Å². The molecule has 1 heterocycles. The lowest BCUT2D eigenvalue weighted by molar-refractivity contribution is -0.115. The van der Waals surface area contributed by atoms with Gasteiger partial charge < -0.3 is 9.26 Å². The first-order valence-electron chi connectivity index (χ1n) is 6.55. The van der Waals surface area contributed by atoms with E-state index in [9.17, 15) is 9.59 Å². The van der Waals surface area contributed by atoms with E-state index in [1.54, 1.807) is 31.2 Å². The number of halogens is 4. The van der Waals surface area contributed by atoms with Gasteiger partial charge in [-0.3, -0.25) is 10.1 Å². The molecular formula is C14H10Cl4N2O4. The highest BCUT2D eigenvalue weighted by atomic mass is 35.6. The van der Waals surface area contributed by atoms with Crippen molar-refractivity contribution in [2.75, 3.05) is 11.9 Å². The van der Waals surface area contributed by atoms with Crippen molar-refractivity contribution in [2.24, 2.45) is 0 Å². The van der Waals surface area contributed by atoms with Gasteiger partial charge in [-0.25, -0.2) is 4.79 Å². The van der Waals surface area contributed by atoms with Gasteiger partial charge >= 0.3 is 5.97 Å². The van der Waals surface area contributed by atoms with Gasteiger partial charge in [0.05, 0.1) is 6.61 Å². The average molecular weight is 412 g/mol. The maximum atomic E-state index is 12.2. The number of ether oxygens (including phenoxy) is 1. The molecule has 0 aliphatic rings. The van der Waals surface area contributed by atoms with Gasteiger partial charge in [-0.1, -0.05) is 63.7 Å². The Hall–Kier alpha value is -1.47. The Morgan fingerprint density at radius 2 is 1.88 bits per heavy atom. The third-order valence-electron chi connectivity index (χ3n) is 2.77. The van der Waals surface area contributed by atoms with Crippen LogP contribution in [0.2, 0.25) is 5.02 Å². The smallest absolute Gasteiger partial charge is 0.346 e. The molecule has 0 aliphatic carbocycles. The summed E-state index contributed by atoms with van der Waals surface area (Å²) in [5, 5.41) is 6.50. The van der Waals surface area contributed by atoms with Crippen molar-refractivity contribution in [3.63, 3.8) is 0 Å². The molecule has 0 atom stereocenters. The molecule has 6 nitrogen and oxygen atoms in total. The van der Waals surface area contributed by atoms with Crippen molar-refractivity contribution >= 4 is 64.2 Å². The maximum Gasteiger partial charge on any atom is 0.346 e.